The average molecular weight is 733 g/mol. The third-order valence-corrected chi connectivity index (χ3v) is 15.7. The Morgan fingerprint density at radius 3 is 1.96 bits per heavy atom. The van der Waals surface area contributed by atoms with Crippen molar-refractivity contribution in [3.8, 4) is 0 Å². The normalized spacial score (nSPS) is 31.0. The minimum atomic E-state index is 0.0541. The van der Waals surface area contributed by atoms with Crippen molar-refractivity contribution in [3.63, 3.8) is 0 Å². The Kier molecular flexibility index (Phi) is 19.3. The van der Waals surface area contributed by atoms with Crippen molar-refractivity contribution >= 4 is 5.97 Å². The highest BCUT2D eigenvalue weighted by molar-refractivity contribution is 5.69. The monoisotopic (exact) mass is 733 g/mol. The molecule has 0 aliphatic heterocycles. The quantitative estimate of drug-likeness (QED) is 0.0531. The Morgan fingerprint density at radius 2 is 1.34 bits per heavy atom. The molecule has 0 saturated heterocycles. The van der Waals surface area contributed by atoms with E-state index in [9.17, 15) is 4.79 Å². The van der Waals surface area contributed by atoms with E-state index in [4.69, 9.17) is 4.74 Å². The van der Waals surface area contributed by atoms with Gasteiger partial charge in [-0.3, -0.25) is 4.79 Å². The number of unbranched alkanes of at least 4 members (excludes halogenated alkanes) is 16. The van der Waals surface area contributed by atoms with Crippen molar-refractivity contribution in [2.75, 3.05) is 0 Å². The van der Waals surface area contributed by atoms with Crippen molar-refractivity contribution < 1.29 is 9.53 Å². The number of esters is 1. The van der Waals surface area contributed by atoms with E-state index < -0.39 is 0 Å². The lowest BCUT2D eigenvalue weighted by atomic mass is 9.47. The second-order valence-corrected chi connectivity index (χ2v) is 19.8. The molecule has 2 nitrogen and oxygen atoms in total. The van der Waals surface area contributed by atoms with Gasteiger partial charge in [0.25, 0.3) is 0 Å². The Morgan fingerprint density at radius 1 is 0.736 bits per heavy atom. The average Bonchev–Trinajstić information content (AvgIpc) is 3.50. The number of hydrogen-bond donors (Lipinski definition) is 0. The van der Waals surface area contributed by atoms with Crippen LogP contribution in [-0.2, 0) is 9.53 Å². The van der Waals surface area contributed by atoms with Gasteiger partial charge in [-0.15, -0.1) is 0 Å². The van der Waals surface area contributed by atoms with Gasteiger partial charge < -0.3 is 4.74 Å². The molecule has 2 heteroatoms. The van der Waals surface area contributed by atoms with Crippen LogP contribution in [-0.4, -0.2) is 12.1 Å². The Labute approximate surface area is 330 Å². The fraction of sp³-hybridized carbons (Fsp3) is 0.863. The molecule has 304 valence electrons. The second kappa shape index (κ2) is 23.0. The van der Waals surface area contributed by atoms with E-state index in [0.717, 1.165) is 55.3 Å². The third-order valence-electron chi connectivity index (χ3n) is 15.7. The molecule has 0 aromatic rings. The van der Waals surface area contributed by atoms with Crippen LogP contribution in [0.2, 0.25) is 0 Å². The maximum absolute atomic E-state index is 12.9. The van der Waals surface area contributed by atoms with E-state index >= 15 is 0 Å². The van der Waals surface area contributed by atoms with Crippen molar-refractivity contribution in [2.24, 2.45) is 52.3 Å². The molecule has 4 aliphatic rings. The molecule has 0 spiro atoms. The summed E-state index contributed by atoms with van der Waals surface area (Å²) in [6.45, 7) is 17.2. The van der Waals surface area contributed by atoms with Gasteiger partial charge in [0, 0.05) is 12.8 Å². The summed E-state index contributed by atoms with van der Waals surface area (Å²) in [6, 6.07) is 0. The van der Waals surface area contributed by atoms with Crippen LogP contribution in [0.15, 0.2) is 36.0 Å². The van der Waals surface area contributed by atoms with Gasteiger partial charge in [-0.05, 0) is 129 Å². The SMILES string of the molecule is CCCCCCCCCCC/C=C\CCCCCCCCCC(=O)OC1CCC2(C)C(=CCC3C2CCC2(C)C(C(C)/C=C/C(C)C(C)C)CCC32)C1. The Bertz CT molecular complexity index is 1130. The Balaban J connectivity index is 1.05. The summed E-state index contributed by atoms with van der Waals surface area (Å²) in [5.41, 5.74) is 2.44. The number of fused-ring (bicyclic) bond motifs is 5. The first-order valence-corrected chi connectivity index (χ1v) is 23.8. The zero-order chi connectivity index (χ0) is 38.1. The van der Waals surface area contributed by atoms with Gasteiger partial charge in [-0.2, -0.15) is 0 Å². The molecule has 9 atom stereocenters. The van der Waals surface area contributed by atoms with Gasteiger partial charge in [0.05, 0.1) is 0 Å². The number of ether oxygens (including phenoxy) is 1. The summed E-state index contributed by atoms with van der Waals surface area (Å²) in [7, 11) is 0. The molecule has 3 saturated carbocycles. The van der Waals surface area contributed by atoms with Gasteiger partial charge in [0.2, 0.25) is 0 Å². The van der Waals surface area contributed by atoms with Crippen LogP contribution in [0.25, 0.3) is 0 Å². The summed E-state index contributed by atoms with van der Waals surface area (Å²) < 4.78 is 6.15. The molecule has 0 amide bonds. The molecular weight excluding hydrogens is 645 g/mol. The van der Waals surface area contributed by atoms with E-state index in [-0.39, 0.29) is 12.1 Å². The van der Waals surface area contributed by atoms with Crippen LogP contribution in [0.4, 0.5) is 0 Å². The van der Waals surface area contributed by atoms with Crippen LogP contribution in [0.5, 0.6) is 0 Å². The summed E-state index contributed by atoms with van der Waals surface area (Å²) >= 11 is 0. The van der Waals surface area contributed by atoms with Gasteiger partial charge in [-0.1, -0.05) is 168 Å². The molecule has 9 unspecified atom stereocenters. The summed E-state index contributed by atoms with van der Waals surface area (Å²) in [6.07, 6.45) is 47.4. The van der Waals surface area contributed by atoms with E-state index in [1.807, 2.05) is 0 Å². The minimum Gasteiger partial charge on any atom is -0.462 e. The fourth-order valence-corrected chi connectivity index (χ4v) is 11.8. The number of allylic oxidation sites excluding steroid dienone is 5. The lowest BCUT2D eigenvalue weighted by molar-refractivity contribution is -0.151. The van der Waals surface area contributed by atoms with Crippen LogP contribution in [0, 0.1) is 52.3 Å². The van der Waals surface area contributed by atoms with E-state index in [0.29, 0.717) is 29.1 Å². The molecule has 0 N–H and O–H groups in total. The molecule has 53 heavy (non-hydrogen) atoms. The smallest absolute Gasteiger partial charge is 0.306 e. The van der Waals surface area contributed by atoms with Crippen LogP contribution in [0.3, 0.4) is 0 Å². The first-order chi connectivity index (χ1) is 25.6. The van der Waals surface area contributed by atoms with Crippen molar-refractivity contribution in [1.29, 1.82) is 0 Å². The maximum Gasteiger partial charge on any atom is 0.306 e. The standard InChI is InChI=1S/C51H88O2/c1-8-9-10-11-12-13-14-15-16-17-18-19-20-21-22-23-24-25-26-27-28-49(52)53-44-35-37-50(6)43(39-44)31-32-45-47-34-33-46(51(47,7)38-36-48(45)50)42(5)30-29-41(4)40(2)3/h18-19,29-31,40-42,44-48H,8-17,20-28,32-39H2,1-7H3/b19-18-,30-29+. The Hall–Kier alpha value is -1.31. The highest BCUT2D eigenvalue weighted by atomic mass is 16.5. The van der Waals surface area contributed by atoms with Crippen LogP contribution < -0.4 is 0 Å². The van der Waals surface area contributed by atoms with E-state index in [2.05, 4.69) is 78.8 Å². The first-order valence-electron chi connectivity index (χ1n) is 23.8. The number of carbonyl (C=O) groups excluding carboxylic acids is 1. The molecule has 0 aromatic heterocycles. The lowest BCUT2D eigenvalue weighted by Crippen LogP contribution is -2.51. The highest BCUT2D eigenvalue weighted by Gasteiger charge is 2.59. The zero-order valence-electron chi connectivity index (χ0n) is 36.4. The van der Waals surface area contributed by atoms with Crippen molar-refractivity contribution in [3.05, 3.63) is 36.0 Å². The second-order valence-electron chi connectivity index (χ2n) is 19.8. The number of rotatable bonds is 25. The molecule has 0 aromatic carbocycles. The van der Waals surface area contributed by atoms with Gasteiger partial charge >= 0.3 is 5.97 Å². The third kappa shape index (κ3) is 13.1. The molecule has 0 heterocycles. The topological polar surface area (TPSA) is 26.3 Å². The molecule has 4 rings (SSSR count). The summed E-state index contributed by atoms with van der Waals surface area (Å²) in [4.78, 5) is 12.9. The van der Waals surface area contributed by atoms with Gasteiger partial charge in [0.15, 0.2) is 0 Å². The number of carbonyl (C=O) groups is 1. The van der Waals surface area contributed by atoms with Crippen molar-refractivity contribution in [1.82, 2.24) is 0 Å². The van der Waals surface area contributed by atoms with Crippen LogP contribution in [0.1, 0.15) is 222 Å². The molecule has 0 radical (unpaired) electrons. The van der Waals surface area contributed by atoms with Crippen LogP contribution >= 0.6 is 0 Å². The lowest BCUT2D eigenvalue weighted by Gasteiger charge is -2.58. The van der Waals surface area contributed by atoms with E-state index in [1.165, 1.54) is 141 Å². The molecular formula is C51H88O2. The molecule has 0 bridgehead atoms. The van der Waals surface area contributed by atoms with E-state index in [1.54, 1.807) is 5.57 Å². The first kappa shape index (κ1) is 44.4. The summed E-state index contributed by atoms with van der Waals surface area (Å²) in [5.74, 6) is 5.47. The fourth-order valence-electron chi connectivity index (χ4n) is 11.8. The summed E-state index contributed by atoms with van der Waals surface area (Å²) in [5, 5.41) is 0. The number of hydrogen-bond acceptors (Lipinski definition) is 2. The van der Waals surface area contributed by atoms with Gasteiger partial charge in [-0.25, -0.2) is 0 Å². The van der Waals surface area contributed by atoms with Gasteiger partial charge in [0.1, 0.15) is 6.10 Å². The van der Waals surface area contributed by atoms with Crippen molar-refractivity contribution in [2.45, 2.75) is 228 Å². The molecule has 4 aliphatic carbocycles. The molecule has 3 fully saturated rings. The largest absolute Gasteiger partial charge is 0.462 e. The zero-order valence-corrected chi connectivity index (χ0v) is 36.4. The predicted octanol–water partition coefficient (Wildman–Crippen LogP) is 15.9. The predicted molar refractivity (Wildman–Crippen MR) is 230 cm³/mol. The minimum absolute atomic E-state index is 0.0541. The maximum atomic E-state index is 12.9. The highest BCUT2D eigenvalue weighted by Crippen LogP contribution is 2.67.